The van der Waals surface area contributed by atoms with Crippen LogP contribution in [0.4, 0.5) is 4.79 Å². The molecule has 2 aromatic rings. The Morgan fingerprint density at radius 1 is 1.48 bits per heavy atom. The van der Waals surface area contributed by atoms with Crippen molar-refractivity contribution in [3.05, 3.63) is 63.8 Å². The van der Waals surface area contributed by atoms with Crippen molar-refractivity contribution in [3.63, 3.8) is 0 Å². The summed E-state index contributed by atoms with van der Waals surface area (Å²) in [4.78, 5) is 23.3. The van der Waals surface area contributed by atoms with Crippen molar-refractivity contribution in [2.75, 3.05) is 13.1 Å². The number of hydrogen-bond donors (Lipinski definition) is 1. The fourth-order valence-electron chi connectivity index (χ4n) is 3.58. The molecule has 1 aromatic carbocycles. The summed E-state index contributed by atoms with van der Waals surface area (Å²) in [5.41, 5.74) is 10.7. The van der Waals surface area contributed by atoms with E-state index in [0.717, 1.165) is 16.8 Å². The molecular formula is C16H17N7O2. The monoisotopic (exact) mass is 339 g/mol. The molecule has 2 aliphatic heterocycles. The second kappa shape index (κ2) is 5.80. The van der Waals surface area contributed by atoms with Crippen molar-refractivity contribution in [2.24, 2.45) is 5.11 Å². The van der Waals surface area contributed by atoms with E-state index in [1.165, 1.54) is 5.06 Å². The van der Waals surface area contributed by atoms with Gasteiger partial charge in [0.05, 0.1) is 31.0 Å². The average molecular weight is 339 g/mol. The Balaban J connectivity index is 1.65. The second-order valence-corrected chi connectivity index (χ2v) is 6.36. The van der Waals surface area contributed by atoms with Gasteiger partial charge in [-0.2, -0.15) is 10.2 Å². The molecule has 3 heterocycles. The Labute approximate surface area is 143 Å². The van der Waals surface area contributed by atoms with Gasteiger partial charge in [-0.3, -0.25) is 9.94 Å². The summed E-state index contributed by atoms with van der Waals surface area (Å²) in [6.45, 7) is 2.86. The van der Waals surface area contributed by atoms with Gasteiger partial charge in [0.1, 0.15) is 12.1 Å². The van der Waals surface area contributed by atoms with E-state index in [9.17, 15) is 4.79 Å². The van der Waals surface area contributed by atoms with Crippen molar-refractivity contribution in [1.29, 1.82) is 0 Å². The van der Waals surface area contributed by atoms with Crippen LogP contribution < -0.4 is 0 Å². The number of hydrogen-bond acceptors (Lipinski definition) is 4. The fourth-order valence-corrected chi connectivity index (χ4v) is 3.58. The number of nitrogens with zero attached hydrogens (tertiary/aromatic N) is 6. The minimum atomic E-state index is -0.638. The predicted molar refractivity (Wildman–Crippen MR) is 87.9 cm³/mol. The normalized spacial score (nSPS) is 24.2. The number of carbonyl (C=O) groups is 1. The molecule has 1 fully saturated rings. The van der Waals surface area contributed by atoms with Crippen LogP contribution in [0.25, 0.3) is 10.4 Å². The predicted octanol–water partition coefficient (Wildman–Crippen LogP) is 2.86. The molecule has 1 N–H and O–H groups in total. The number of hydroxylamine groups is 2. The molecule has 2 atom stereocenters. The van der Waals surface area contributed by atoms with Crippen LogP contribution >= 0.6 is 0 Å². The van der Waals surface area contributed by atoms with E-state index in [4.69, 9.17) is 10.4 Å². The molecule has 2 bridgehead atoms. The van der Waals surface area contributed by atoms with Crippen LogP contribution in [0.3, 0.4) is 0 Å². The first-order valence-electron chi connectivity index (χ1n) is 7.97. The minimum absolute atomic E-state index is 0.153. The lowest BCUT2D eigenvalue weighted by Crippen LogP contribution is -2.43. The minimum Gasteiger partial charge on any atom is -0.311 e. The molecule has 25 heavy (non-hydrogen) atoms. The smallest absolute Gasteiger partial charge is 0.311 e. The second-order valence-electron chi connectivity index (χ2n) is 6.36. The topological polar surface area (TPSA) is 110 Å². The highest BCUT2D eigenvalue weighted by atomic mass is 16.7. The van der Waals surface area contributed by atoms with Crippen LogP contribution in [0.15, 0.2) is 41.6 Å². The molecule has 0 spiro atoms. The number of aromatic nitrogens is 2. The van der Waals surface area contributed by atoms with E-state index in [0.29, 0.717) is 13.2 Å². The van der Waals surface area contributed by atoms with Gasteiger partial charge in [0.15, 0.2) is 0 Å². The summed E-state index contributed by atoms with van der Waals surface area (Å²) < 4.78 is 0. The summed E-state index contributed by atoms with van der Waals surface area (Å²) in [7, 11) is 0. The van der Waals surface area contributed by atoms with Gasteiger partial charge in [0.2, 0.25) is 0 Å². The Bertz CT molecular complexity index is 845. The molecule has 2 unspecified atom stereocenters. The van der Waals surface area contributed by atoms with Crippen LogP contribution in [0.2, 0.25) is 0 Å². The highest BCUT2D eigenvalue weighted by molar-refractivity contribution is 5.79. The number of aromatic amines is 1. The van der Waals surface area contributed by atoms with Crippen LogP contribution in [0.1, 0.15) is 29.8 Å². The molecule has 4 rings (SSSR count). The molecule has 2 amide bonds. The standard InChI is InChI=1S/C16H17N7O2/c1-16-10-22(13(8-19-21-17)14-12(16)7-18-20-14)15(24)23(16)25-9-11-5-3-2-4-6-11/h2-7,13H,8-10H2,1H3,(H,18,20). The molecule has 0 radical (unpaired) electrons. The first-order chi connectivity index (χ1) is 12.1. The largest absolute Gasteiger partial charge is 0.345 e. The molecular weight excluding hydrogens is 322 g/mol. The Morgan fingerprint density at radius 2 is 2.28 bits per heavy atom. The van der Waals surface area contributed by atoms with E-state index in [2.05, 4.69) is 20.2 Å². The highest BCUT2D eigenvalue weighted by Crippen LogP contribution is 2.47. The summed E-state index contributed by atoms with van der Waals surface area (Å²) >= 11 is 0. The number of benzene rings is 1. The number of azide groups is 1. The lowest BCUT2D eigenvalue weighted by Gasteiger charge is -2.35. The average Bonchev–Trinajstić information content (AvgIpc) is 3.19. The molecule has 1 saturated heterocycles. The third-order valence-electron chi connectivity index (χ3n) is 4.83. The van der Waals surface area contributed by atoms with Crippen molar-refractivity contribution in [1.82, 2.24) is 20.2 Å². The zero-order chi connectivity index (χ0) is 17.4. The number of fused-ring (bicyclic) bond motifs is 4. The maximum Gasteiger partial charge on any atom is 0.345 e. The molecule has 0 saturated carbocycles. The molecule has 128 valence electrons. The Kier molecular flexibility index (Phi) is 3.60. The Hall–Kier alpha value is -3.03. The van der Waals surface area contributed by atoms with Crippen molar-refractivity contribution in [3.8, 4) is 0 Å². The maximum atomic E-state index is 12.9. The maximum absolute atomic E-state index is 12.9. The third kappa shape index (κ3) is 2.33. The molecule has 2 aliphatic rings. The third-order valence-corrected chi connectivity index (χ3v) is 4.83. The van der Waals surface area contributed by atoms with Gasteiger partial charge in [-0.25, -0.2) is 4.79 Å². The van der Waals surface area contributed by atoms with Crippen molar-refractivity contribution >= 4 is 6.03 Å². The van der Waals surface area contributed by atoms with E-state index in [-0.39, 0.29) is 18.6 Å². The lowest BCUT2D eigenvalue weighted by molar-refractivity contribution is -0.172. The summed E-state index contributed by atoms with van der Waals surface area (Å²) in [5.74, 6) is 0. The van der Waals surface area contributed by atoms with Gasteiger partial charge in [0, 0.05) is 10.5 Å². The van der Waals surface area contributed by atoms with Crippen molar-refractivity contribution in [2.45, 2.75) is 25.1 Å². The van der Waals surface area contributed by atoms with Gasteiger partial charge < -0.3 is 4.90 Å². The zero-order valence-electron chi connectivity index (χ0n) is 13.7. The molecule has 9 heteroatoms. The van der Waals surface area contributed by atoms with Crippen LogP contribution in [-0.2, 0) is 17.0 Å². The first-order valence-corrected chi connectivity index (χ1v) is 7.97. The van der Waals surface area contributed by atoms with Crippen LogP contribution in [0.5, 0.6) is 0 Å². The quantitative estimate of drug-likeness (QED) is 0.513. The van der Waals surface area contributed by atoms with Crippen LogP contribution in [-0.4, -0.2) is 39.3 Å². The van der Waals surface area contributed by atoms with Gasteiger partial charge in [0.25, 0.3) is 0 Å². The van der Waals surface area contributed by atoms with E-state index >= 15 is 0 Å². The zero-order valence-corrected chi connectivity index (χ0v) is 13.7. The lowest BCUT2D eigenvalue weighted by atomic mass is 9.87. The van der Waals surface area contributed by atoms with E-state index < -0.39 is 5.54 Å². The highest BCUT2D eigenvalue weighted by Gasteiger charge is 2.57. The summed E-state index contributed by atoms with van der Waals surface area (Å²) in [5, 5.41) is 12.1. The van der Waals surface area contributed by atoms with Gasteiger partial charge >= 0.3 is 6.03 Å². The molecule has 1 aromatic heterocycles. The number of amides is 2. The van der Waals surface area contributed by atoms with E-state index in [1.807, 2.05) is 37.3 Å². The number of nitrogens with one attached hydrogen (secondary N) is 1. The number of H-pyrrole nitrogens is 1. The molecule has 9 nitrogen and oxygen atoms in total. The molecule has 0 aliphatic carbocycles. The number of carbonyl (C=O) groups excluding carboxylic acids is 1. The fraction of sp³-hybridized carbons (Fsp3) is 0.375. The number of urea groups is 1. The van der Waals surface area contributed by atoms with E-state index in [1.54, 1.807) is 11.1 Å². The van der Waals surface area contributed by atoms with Gasteiger partial charge in [-0.1, -0.05) is 35.4 Å². The number of rotatable bonds is 5. The SMILES string of the molecule is CC12CN(C(=O)N1OCc1ccccc1)C(CN=[N+]=[N-])c1[nH]ncc12. The summed E-state index contributed by atoms with van der Waals surface area (Å²) in [6.07, 6.45) is 1.72. The van der Waals surface area contributed by atoms with Crippen molar-refractivity contribution < 1.29 is 9.63 Å². The first kappa shape index (κ1) is 15.5. The van der Waals surface area contributed by atoms with Gasteiger partial charge in [-0.05, 0) is 18.0 Å². The van der Waals surface area contributed by atoms with Crippen LogP contribution in [0, 0.1) is 0 Å². The Morgan fingerprint density at radius 3 is 3.04 bits per heavy atom. The summed E-state index contributed by atoms with van der Waals surface area (Å²) in [6, 6.07) is 9.09. The van der Waals surface area contributed by atoms with Gasteiger partial charge in [-0.15, -0.1) is 0 Å².